The molecule has 0 heterocycles. The molecule has 7 heteroatoms. The van der Waals surface area contributed by atoms with Crippen LogP contribution in [-0.2, 0) is 23.9 Å². The Morgan fingerprint density at radius 2 is 1.30 bits per heavy atom. The van der Waals surface area contributed by atoms with E-state index in [1.165, 1.54) is 0 Å². The van der Waals surface area contributed by atoms with Gasteiger partial charge in [-0.15, -0.1) is 0 Å². The molecule has 156 valence electrons. The topological polar surface area (TPSA) is 101 Å². The van der Waals surface area contributed by atoms with E-state index in [0.29, 0.717) is 12.8 Å². The van der Waals surface area contributed by atoms with Crippen LogP contribution < -0.4 is 0 Å². The van der Waals surface area contributed by atoms with E-state index in [0.717, 1.165) is 43.4 Å². The average molecular weight is 386 g/mol. The highest BCUT2D eigenvalue weighted by Crippen LogP contribution is 2.16. The van der Waals surface area contributed by atoms with Gasteiger partial charge in [0.25, 0.3) is 0 Å². The maximum atomic E-state index is 12.7. The molecule has 0 spiro atoms. The van der Waals surface area contributed by atoms with E-state index >= 15 is 0 Å². The molecular formula is C20H35NO6. The minimum absolute atomic E-state index is 0.0537. The number of imide groups is 1. The van der Waals surface area contributed by atoms with Crippen molar-refractivity contribution in [1.82, 2.24) is 4.90 Å². The fourth-order valence-corrected chi connectivity index (χ4v) is 2.82. The Hall–Kier alpha value is -1.92. The summed E-state index contributed by atoms with van der Waals surface area (Å²) in [6.45, 7) is 5.76. The van der Waals surface area contributed by atoms with E-state index in [9.17, 15) is 19.2 Å². The van der Waals surface area contributed by atoms with E-state index in [4.69, 9.17) is 9.84 Å². The van der Waals surface area contributed by atoms with E-state index in [-0.39, 0.29) is 19.4 Å². The van der Waals surface area contributed by atoms with Gasteiger partial charge in [0, 0.05) is 12.8 Å². The van der Waals surface area contributed by atoms with Crippen LogP contribution in [0.5, 0.6) is 0 Å². The summed E-state index contributed by atoms with van der Waals surface area (Å²) >= 11 is 0. The third-order valence-corrected chi connectivity index (χ3v) is 4.26. The second-order valence-corrected chi connectivity index (χ2v) is 6.64. The Bertz CT molecular complexity index is 453. The van der Waals surface area contributed by atoms with Crippen LogP contribution in [0.25, 0.3) is 0 Å². The van der Waals surface area contributed by atoms with Crippen molar-refractivity contribution in [3.05, 3.63) is 0 Å². The van der Waals surface area contributed by atoms with Gasteiger partial charge in [0.15, 0.2) is 0 Å². The van der Waals surface area contributed by atoms with E-state index in [1.807, 2.05) is 0 Å². The normalized spacial score (nSPS) is 11.7. The van der Waals surface area contributed by atoms with Crippen molar-refractivity contribution in [3.8, 4) is 0 Å². The van der Waals surface area contributed by atoms with Gasteiger partial charge in [0.05, 0.1) is 13.0 Å². The lowest BCUT2D eigenvalue weighted by molar-refractivity contribution is -0.163. The zero-order valence-electron chi connectivity index (χ0n) is 17.0. The lowest BCUT2D eigenvalue weighted by Crippen LogP contribution is -2.50. The van der Waals surface area contributed by atoms with Crippen LogP contribution in [-0.4, -0.2) is 46.4 Å². The monoisotopic (exact) mass is 385 g/mol. The van der Waals surface area contributed by atoms with Gasteiger partial charge < -0.3 is 9.84 Å². The summed E-state index contributed by atoms with van der Waals surface area (Å²) in [5, 5.41) is 9.15. The van der Waals surface area contributed by atoms with Crippen LogP contribution in [0.2, 0.25) is 0 Å². The molecule has 27 heavy (non-hydrogen) atoms. The zero-order valence-corrected chi connectivity index (χ0v) is 17.0. The number of carbonyl (C=O) groups excluding carboxylic acids is 3. The third kappa shape index (κ3) is 10.7. The molecule has 1 atom stereocenters. The minimum Gasteiger partial charge on any atom is -0.481 e. The third-order valence-electron chi connectivity index (χ3n) is 4.26. The Morgan fingerprint density at radius 3 is 1.67 bits per heavy atom. The molecule has 0 aromatic carbocycles. The van der Waals surface area contributed by atoms with Gasteiger partial charge in [-0.05, 0) is 19.8 Å². The van der Waals surface area contributed by atoms with Crippen molar-refractivity contribution in [3.63, 3.8) is 0 Å². The molecule has 0 aliphatic heterocycles. The Kier molecular flexibility index (Phi) is 14.1. The number of rotatable bonds is 15. The molecule has 0 aromatic rings. The molecular weight excluding hydrogens is 350 g/mol. The lowest BCUT2D eigenvalue weighted by atomic mass is 10.1. The Labute approximate surface area is 162 Å². The van der Waals surface area contributed by atoms with Crippen LogP contribution in [0, 0.1) is 0 Å². The summed E-state index contributed by atoms with van der Waals surface area (Å²) < 4.78 is 4.92. The second kappa shape index (κ2) is 15.2. The van der Waals surface area contributed by atoms with E-state index in [2.05, 4.69) is 13.8 Å². The van der Waals surface area contributed by atoms with Crippen LogP contribution in [0.15, 0.2) is 0 Å². The molecule has 0 aliphatic carbocycles. The summed E-state index contributed by atoms with van der Waals surface area (Å²) in [7, 11) is 0. The fraction of sp³-hybridized carbons (Fsp3) is 0.800. The van der Waals surface area contributed by atoms with Crippen molar-refractivity contribution in [2.75, 3.05) is 6.61 Å². The quantitative estimate of drug-likeness (QED) is 0.341. The highest BCUT2D eigenvalue weighted by molar-refractivity contribution is 6.00. The van der Waals surface area contributed by atoms with Crippen LogP contribution in [0.1, 0.15) is 91.4 Å². The molecule has 0 rings (SSSR count). The zero-order chi connectivity index (χ0) is 20.7. The minimum atomic E-state index is -1.40. The summed E-state index contributed by atoms with van der Waals surface area (Å²) in [6.07, 6.45) is 6.50. The molecule has 0 saturated heterocycles. The van der Waals surface area contributed by atoms with Crippen LogP contribution in [0.4, 0.5) is 0 Å². The first-order chi connectivity index (χ1) is 12.9. The number of esters is 1. The average Bonchev–Trinajstić information content (AvgIpc) is 2.61. The molecule has 1 unspecified atom stereocenters. The van der Waals surface area contributed by atoms with Crippen molar-refractivity contribution >= 4 is 23.8 Å². The number of ether oxygens (including phenoxy) is 1. The molecule has 0 aromatic heterocycles. The summed E-state index contributed by atoms with van der Waals surface area (Å²) in [4.78, 5) is 49.7. The van der Waals surface area contributed by atoms with Crippen molar-refractivity contribution < 1.29 is 29.0 Å². The summed E-state index contributed by atoms with van der Waals surface area (Å²) in [6, 6.07) is -1.40. The maximum absolute atomic E-state index is 12.7. The fourth-order valence-electron chi connectivity index (χ4n) is 2.82. The van der Waals surface area contributed by atoms with Crippen molar-refractivity contribution in [1.29, 1.82) is 0 Å². The number of carboxylic acid groups (broad SMARTS) is 1. The van der Waals surface area contributed by atoms with Crippen LogP contribution >= 0.6 is 0 Å². The number of carboxylic acids is 1. The Morgan fingerprint density at radius 1 is 0.815 bits per heavy atom. The van der Waals surface area contributed by atoms with Gasteiger partial charge in [0.1, 0.15) is 6.04 Å². The number of nitrogens with zero attached hydrogens (tertiary/aromatic N) is 1. The number of hydrogen-bond donors (Lipinski definition) is 1. The first-order valence-corrected chi connectivity index (χ1v) is 10.1. The summed E-state index contributed by atoms with van der Waals surface area (Å²) in [5.41, 5.74) is 0. The first kappa shape index (κ1) is 25.1. The lowest BCUT2D eigenvalue weighted by Gasteiger charge is -2.28. The predicted molar refractivity (Wildman–Crippen MR) is 102 cm³/mol. The van der Waals surface area contributed by atoms with Gasteiger partial charge in [-0.1, -0.05) is 52.4 Å². The Balaban J connectivity index is 5.28. The SMILES string of the molecule is CCCCCCC(=O)N(C(=O)CCCCCC)C(CC(=O)O)C(=O)OCC. The van der Waals surface area contributed by atoms with Gasteiger partial charge >= 0.3 is 11.9 Å². The number of aliphatic carboxylic acids is 1. The van der Waals surface area contributed by atoms with Crippen molar-refractivity contribution in [2.24, 2.45) is 0 Å². The van der Waals surface area contributed by atoms with Crippen LogP contribution in [0.3, 0.4) is 0 Å². The van der Waals surface area contributed by atoms with Gasteiger partial charge in [-0.3, -0.25) is 19.3 Å². The number of unbranched alkanes of at least 4 members (excludes halogenated alkanes) is 6. The molecule has 1 N–H and O–H groups in total. The van der Waals surface area contributed by atoms with Gasteiger partial charge in [0.2, 0.25) is 11.8 Å². The number of amides is 2. The van der Waals surface area contributed by atoms with Gasteiger partial charge in [-0.2, -0.15) is 0 Å². The largest absolute Gasteiger partial charge is 0.481 e. The first-order valence-electron chi connectivity index (χ1n) is 10.1. The molecule has 0 fully saturated rings. The molecule has 0 aliphatic rings. The maximum Gasteiger partial charge on any atom is 0.329 e. The molecule has 2 amide bonds. The molecule has 7 nitrogen and oxygen atoms in total. The van der Waals surface area contributed by atoms with Crippen molar-refractivity contribution in [2.45, 2.75) is 97.4 Å². The summed E-state index contributed by atoms with van der Waals surface area (Å²) in [5.74, 6) is -3.09. The molecule has 0 bridgehead atoms. The molecule has 0 radical (unpaired) electrons. The second-order valence-electron chi connectivity index (χ2n) is 6.64. The highest BCUT2D eigenvalue weighted by atomic mass is 16.5. The highest BCUT2D eigenvalue weighted by Gasteiger charge is 2.36. The number of hydrogen-bond acceptors (Lipinski definition) is 5. The standard InChI is InChI=1S/C20H35NO6/c1-4-7-9-11-13-17(22)21(18(23)14-12-10-8-5-2)16(15-19(24)25)20(26)27-6-3/h16H,4-15H2,1-3H3,(H,24,25). The van der Waals surface area contributed by atoms with E-state index in [1.54, 1.807) is 6.92 Å². The predicted octanol–water partition coefficient (Wildman–Crippen LogP) is 3.69. The van der Waals surface area contributed by atoms with E-state index < -0.39 is 36.2 Å². The molecule has 0 saturated carbocycles. The smallest absolute Gasteiger partial charge is 0.329 e. The van der Waals surface area contributed by atoms with Gasteiger partial charge in [-0.25, -0.2) is 4.79 Å². The number of carbonyl (C=O) groups is 4.